The van der Waals surface area contributed by atoms with Crippen LogP contribution in [-0.2, 0) is 5.41 Å². The number of nitrogens with zero attached hydrogens (tertiary/aromatic N) is 3. The van der Waals surface area contributed by atoms with Gasteiger partial charge >= 0.3 is 0 Å². The minimum Gasteiger partial charge on any atom is -0.438 e. The molecule has 0 atom stereocenters. The molecule has 0 unspecified atom stereocenters. The Morgan fingerprint density at radius 3 is 1.71 bits per heavy atom. The first kappa shape index (κ1) is 30.2. The molecular weight excluding hydrogens is 635 g/mol. The summed E-state index contributed by atoms with van der Waals surface area (Å²) in [5, 5.41) is 2.23. The summed E-state index contributed by atoms with van der Waals surface area (Å²) < 4.78 is 6.42. The minimum absolute atomic E-state index is 0.205. The zero-order valence-corrected chi connectivity index (χ0v) is 28.8. The van der Waals surface area contributed by atoms with Crippen LogP contribution in [0.5, 0.6) is 0 Å². The number of para-hydroxylation sites is 1. The van der Waals surface area contributed by atoms with Crippen molar-refractivity contribution in [2.75, 3.05) is 0 Å². The van der Waals surface area contributed by atoms with E-state index < -0.39 is 0 Å². The molecule has 0 amide bonds. The van der Waals surface area contributed by atoms with Gasteiger partial charge in [-0.25, -0.2) is 15.0 Å². The molecule has 10 rings (SSSR count). The van der Waals surface area contributed by atoms with E-state index in [0.717, 1.165) is 66.8 Å². The van der Waals surface area contributed by atoms with Crippen LogP contribution in [0.2, 0.25) is 0 Å². The van der Waals surface area contributed by atoms with Crippen molar-refractivity contribution in [2.45, 2.75) is 19.3 Å². The molecule has 1 aliphatic rings. The van der Waals surface area contributed by atoms with Crippen LogP contribution in [0.3, 0.4) is 0 Å². The number of pyridine rings is 1. The number of hydrogen-bond donors (Lipinski definition) is 0. The fourth-order valence-electron chi connectivity index (χ4n) is 7.95. The van der Waals surface area contributed by atoms with Crippen LogP contribution in [0, 0.1) is 0 Å². The van der Waals surface area contributed by atoms with Gasteiger partial charge in [0.05, 0.1) is 22.5 Å². The predicted octanol–water partition coefficient (Wildman–Crippen LogP) is 12.4. The van der Waals surface area contributed by atoms with E-state index in [2.05, 4.69) is 129 Å². The summed E-state index contributed by atoms with van der Waals surface area (Å²) in [6.45, 7) is 4.64. The molecule has 0 radical (unpaired) electrons. The van der Waals surface area contributed by atoms with Gasteiger partial charge in [0.1, 0.15) is 5.58 Å². The lowest BCUT2D eigenvalue weighted by Gasteiger charge is -2.22. The first-order valence-electron chi connectivity index (χ1n) is 17.7. The van der Waals surface area contributed by atoms with Crippen molar-refractivity contribution < 1.29 is 4.42 Å². The maximum absolute atomic E-state index is 6.42. The van der Waals surface area contributed by atoms with E-state index in [9.17, 15) is 0 Å². The van der Waals surface area contributed by atoms with Gasteiger partial charge in [0.2, 0.25) is 5.71 Å². The summed E-state index contributed by atoms with van der Waals surface area (Å²) in [6.07, 6.45) is 0. The van der Waals surface area contributed by atoms with Crippen LogP contribution in [0.15, 0.2) is 168 Å². The molecule has 246 valence electrons. The second-order valence-electron chi connectivity index (χ2n) is 14.0. The Morgan fingerprint density at radius 1 is 0.481 bits per heavy atom. The molecule has 1 aliphatic carbocycles. The van der Waals surface area contributed by atoms with E-state index in [4.69, 9.17) is 19.4 Å². The number of aromatic nitrogens is 3. The van der Waals surface area contributed by atoms with Gasteiger partial charge < -0.3 is 4.42 Å². The Bertz CT molecular complexity index is 2720. The average molecular weight is 668 g/mol. The van der Waals surface area contributed by atoms with Crippen LogP contribution in [0.1, 0.15) is 25.0 Å². The van der Waals surface area contributed by atoms with Crippen molar-refractivity contribution in [3.63, 3.8) is 0 Å². The fraction of sp³-hybridized carbons (Fsp3) is 0.0625. The van der Waals surface area contributed by atoms with Gasteiger partial charge in [-0.1, -0.05) is 166 Å². The lowest BCUT2D eigenvalue weighted by atomic mass is 9.80. The summed E-state index contributed by atoms with van der Waals surface area (Å²) in [5.41, 5.74) is 15.6. The Morgan fingerprint density at radius 2 is 1.02 bits per heavy atom. The van der Waals surface area contributed by atoms with E-state index in [0.29, 0.717) is 11.5 Å². The quantitative estimate of drug-likeness (QED) is 0.183. The topological polar surface area (TPSA) is 51.8 Å². The van der Waals surface area contributed by atoms with Crippen molar-refractivity contribution in [3.8, 4) is 67.4 Å². The summed E-state index contributed by atoms with van der Waals surface area (Å²) in [4.78, 5) is 15.2. The van der Waals surface area contributed by atoms with E-state index >= 15 is 0 Å². The second kappa shape index (κ2) is 11.7. The number of benzene rings is 6. The van der Waals surface area contributed by atoms with Crippen molar-refractivity contribution in [1.29, 1.82) is 0 Å². The first-order chi connectivity index (χ1) is 25.5. The highest BCUT2D eigenvalue weighted by Gasteiger charge is 2.40. The molecule has 4 heteroatoms. The highest BCUT2D eigenvalue weighted by molar-refractivity contribution is 6.11. The fourth-order valence-corrected chi connectivity index (χ4v) is 7.95. The number of hydrogen-bond acceptors (Lipinski definition) is 4. The smallest absolute Gasteiger partial charge is 0.228 e. The summed E-state index contributed by atoms with van der Waals surface area (Å²) in [5.74, 6) is 0.712. The molecule has 0 bridgehead atoms. The highest BCUT2D eigenvalue weighted by Crippen LogP contribution is 2.55. The number of fused-ring (bicyclic) bond motifs is 7. The molecule has 3 heterocycles. The molecule has 9 aromatic rings. The third-order valence-corrected chi connectivity index (χ3v) is 10.5. The first-order valence-corrected chi connectivity index (χ1v) is 17.7. The van der Waals surface area contributed by atoms with Gasteiger partial charge in [-0.15, -0.1) is 0 Å². The average Bonchev–Trinajstić information content (AvgIpc) is 3.70. The highest BCUT2D eigenvalue weighted by atomic mass is 16.3. The van der Waals surface area contributed by atoms with E-state index in [1.54, 1.807) is 0 Å². The summed E-state index contributed by atoms with van der Waals surface area (Å²) in [7, 11) is 0. The van der Waals surface area contributed by atoms with Gasteiger partial charge in [0.25, 0.3) is 0 Å². The Labute approximate surface area is 302 Å². The zero-order chi connectivity index (χ0) is 34.8. The van der Waals surface area contributed by atoms with E-state index in [1.807, 2.05) is 48.5 Å². The molecule has 6 aromatic carbocycles. The van der Waals surface area contributed by atoms with Crippen molar-refractivity contribution >= 4 is 22.1 Å². The van der Waals surface area contributed by atoms with E-state index in [1.165, 1.54) is 22.3 Å². The molecular formula is C48H33N3O. The van der Waals surface area contributed by atoms with E-state index in [-0.39, 0.29) is 5.41 Å². The molecule has 52 heavy (non-hydrogen) atoms. The van der Waals surface area contributed by atoms with Crippen LogP contribution in [0.25, 0.3) is 89.5 Å². The maximum atomic E-state index is 6.42. The third-order valence-electron chi connectivity index (χ3n) is 10.5. The molecule has 3 aromatic heterocycles. The van der Waals surface area contributed by atoms with Gasteiger partial charge in [-0.05, 0) is 39.9 Å². The van der Waals surface area contributed by atoms with Crippen LogP contribution < -0.4 is 0 Å². The molecule has 4 nitrogen and oxygen atoms in total. The SMILES string of the molecule is CC1(C)c2ccccc2-c2c(-c3ccc(-c4ccc(-c5cc(-c6ccccc6)nc(-c6ccccc6)n5)cc4)cc3)nc3oc4ccccc4c3c21. The van der Waals surface area contributed by atoms with Crippen molar-refractivity contribution in [1.82, 2.24) is 15.0 Å². The summed E-state index contributed by atoms with van der Waals surface area (Å²) in [6, 6.07) is 57.0. The van der Waals surface area contributed by atoms with Crippen LogP contribution in [-0.4, -0.2) is 15.0 Å². The van der Waals surface area contributed by atoms with Gasteiger partial charge in [0, 0.05) is 38.6 Å². The van der Waals surface area contributed by atoms with Gasteiger partial charge in [-0.3, -0.25) is 0 Å². The Hall–Kier alpha value is -6.65. The summed E-state index contributed by atoms with van der Waals surface area (Å²) >= 11 is 0. The van der Waals surface area contributed by atoms with Crippen molar-refractivity contribution in [2.24, 2.45) is 0 Å². The maximum Gasteiger partial charge on any atom is 0.228 e. The normalized spacial score (nSPS) is 13.0. The Kier molecular flexibility index (Phi) is 6.80. The van der Waals surface area contributed by atoms with Gasteiger partial charge in [-0.2, -0.15) is 0 Å². The monoisotopic (exact) mass is 667 g/mol. The molecule has 0 saturated heterocycles. The number of furan rings is 1. The third kappa shape index (κ3) is 4.79. The Balaban J connectivity index is 1.04. The second-order valence-corrected chi connectivity index (χ2v) is 14.0. The lowest BCUT2D eigenvalue weighted by Crippen LogP contribution is -2.15. The molecule has 0 fully saturated rings. The molecule has 0 N–H and O–H groups in total. The standard InChI is InChI=1S/C48H33N3O/c1-48(2)38-19-11-9-17-36(38)42-44(48)43-37-18-10-12-20-41(37)52-47(43)51-45(42)34-27-23-31(24-28-34)30-21-25-33(26-22-30)40-29-39(32-13-5-3-6-14-32)49-46(50-40)35-15-7-4-8-16-35/h3-29H,1-2H3. The minimum atomic E-state index is -0.205. The number of rotatable bonds is 5. The van der Waals surface area contributed by atoms with Gasteiger partial charge in [0.15, 0.2) is 5.82 Å². The molecule has 0 saturated carbocycles. The lowest BCUT2D eigenvalue weighted by molar-refractivity contribution is 0.647. The molecule has 0 spiro atoms. The van der Waals surface area contributed by atoms with Crippen LogP contribution in [0.4, 0.5) is 0 Å². The van der Waals surface area contributed by atoms with Crippen LogP contribution >= 0.6 is 0 Å². The zero-order valence-electron chi connectivity index (χ0n) is 28.8. The largest absolute Gasteiger partial charge is 0.438 e. The predicted molar refractivity (Wildman–Crippen MR) is 212 cm³/mol. The van der Waals surface area contributed by atoms with Crippen molar-refractivity contribution in [3.05, 3.63) is 175 Å². The molecule has 0 aliphatic heterocycles.